The summed E-state index contributed by atoms with van der Waals surface area (Å²) in [5, 5.41) is 0.791. The Labute approximate surface area is 135 Å². The van der Waals surface area contributed by atoms with Crippen LogP contribution in [0.5, 0.6) is 0 Å². The summed E-state index contributed by atoms with van der Waals surface area (Å²) in [7, 11) is 0. The lowest BCUT2D eigenvalue weighted by Crippen LogP contribution is -2.39. The topological polar surface area (TPSA) is 16.1 Å². The van der Waals surface area contributed by atoms with E-state index >= 15 is 0 Å². The van der Waals surface area contributed by atoms with Gasteiger partial charge in [-0.25, -0.2) is 4.98 Å². The van der Waals surface area contributed by atoms with E-state index in [1.807, 2.05) is 4.90 Å². The number of aromatic nitrogens is 1. The minimum absolute atomic E-state index is 0.0661. The summed E-state index contributed by atoms with van der Waals surface area (Å²) in [6.45, 7) is 0.683. The summed E-state index contributed by atoms with van der Waals surface area (Å²) in [4.78, 5) is 6.03. The van der Waals surface area contributed by atoms with Gasteiger partial charge >= 0.3 is 6.18 Å². The summed E-state index contributed by atoms with van der Waals surface area (Å²) < 4.78 is 38.1. The molecule has 0 bridgehead atoms. The lowest BCUT2D eigenvalue weighted by Gasteiger charge is -2.35. The SMILES string of the molecule is FC(F)(F)c1cnc(N(CCBr)C2CCCCC2)c(Cl)c1. The largest absolute Gasteiger partial charge is 0.417 e. The van der Waals surface area contributed by atoms with Crippen LogP contribution in [-0.4, -0.2) is 22.9 Å². The van der Waals surface area contributed by atoms with E-state index in [0.717, 1.165) is 43.3 Å². The van der Waals surface area contributed by atoms with Crippen LogP contribution in [0.15, 0.2) is 12.3 Å². The minimum atomic E-state index is -4.42. The first kappa shape index (κ1) is 16.9. The van der Waals surface area contributed by atoms with Gasteiger partial charge < -0.3 is 4.90 Å². The molecule has 0 aliphatic heterocycles. The van der Waals surface area contributed by atoms with Crippen molar-refractivity contribution >= 4 is 33.3 Å². The van der Waals surface area contributed by atoms with Gasteiger partial charge in [0.2, 0.25) is 0 Å². The molecule has 1 heterocycles. The molecule has 0 spiro atoms. The van der Waals surface area contributed by atoms with Crippen LogP contribution in [0.3, 0.4) is 0 Å². The number of alkyl halides is 4. The van der Waals surface area contributed by atoms with E-state index in [0.29, 0.717) is 18.4 Å². The zero-order valence-corrected chi connectivity index (χ0v) is 13.8. The van der Waals surface area contributed by atoms with Crippen LogP contribution in [0.2, 0.25) is 5.02 Å². The highest BCUT2D eigenvalue weighted by Crippen LogP contribution is 2.35. The van der Waals surface area contributed by atoms with Crippen molar-refractivity contribution in [3.8, 4) is 0 Å². The molecule has 118 valence electrons. The average molecular weight is 386 g/mol. The van der Waals surface area contributed by atoms with Crippen molar-refractivity contribution in [2.45, 2.75) is 44.3 Å². The van der Waals surface area contributed by atoms with Gasteiger partial charge in [0, 0.05) is 24.1 Å². The number of hydrogen-bond acceptors (Lipinski definition) is 2. The Morgan fingerprint density at radius 1 is 1.29 bits per heavy atom. The first-order valence-corrected chi connectivity index (χ1v) is 8.48. The van der Waals surface area contributed by atoms with Crippen LogP contribution in [0, 0.1) is 0 Å². The van der Waals surface area contributed by atoms with Gasteiger partial charge in [0.25, 0.3) is 0 Å². The van der Waals surface area contributed by atoms with Gasteiger partial charge in [-0.2, -0.15) is 13.2 Å². The third-order valence-electron chi connectivity index (χ3n) is 3.76. The highest BCUT2D eigenvalue weighted by molar-refractivity contribution is 9.09. The molecule has 1 aliphatic carbocycles. The monoisotopic (exact) mass is 384 g/mol. The Hall–Kier alpha value is -0.490. The Balaban J connectivity index is 2.27. The Bertz CT molecular complexity index is 476. The molecule has 1 saturated carbocycles. The van der Waals surface area contributed by atoms with E-state index in [-0.39, 0.29) is 5.02 Å². The van der Waals surface area contributed by atoms with Gasteiger partial charge in [0.05, 0.1) is 10.6 Å². The fourth-order valence-corrected chi connectivity index (χ4v) is 3.40. The third kappa shape index (κ3) is 4.25. The number of hydrogen-bond donors (Lipinski definition) is 0. The molecule has 2 nitrogen and oxygen atoms in total. The van der Waals surface area contributed by atoms with Crippen LogP contribution in [0.4, 0.5) is 19.0 Å². The van der Waals surface area contributed by atoms with Crippen molar-refractivity contribution in [1.82, 2.24) is 4.98 Å². The summed E-state index contributed by atoms with van der Waals surface area (Å²) in [5.41, 5.74) is -0.807. The van der Waals surface area contributed by atoms with Gasteiger partial charge in [-0.15, -0.1) is 0 Å². The first-order valence-electron chi connectivity index (χ1n) is 6.99. The number of nitrogens with zero attached hydrogens (tertiary/aromatic N) is 2. The maximum absolute atomic E-state index is 12.7. The summed E-state index contributed by atoms with van der Waals surface area (Å²) in [6, 6.07) is 1.27. The number of pyridine rings is 1. The maximum atomic E-state index is 12.7. The van der Waals surface area contributed by atoms with Gasteiger partial charge in [0.15, 0.2) is 0 Å². The molecule has 1 fully saturated rings. The van der Waals surface area contributed by atoms with Crippen molar-refractivity contribution in [1.29, 1.82) is 0 Å². The predicted octanol–water partition coefficient (Wildman–Crippen LogP) is 5.29. The fraction of sp³-hybridized carbons (Fsp3) is 0.643. The summed E-state index contributed by atoms with van der Waals surface area (Å²) in [6.07, 6.45) is 2.01. The number of rotatable bonds is 4. The highest BCUT2D eigenvalue weighted by Gasteiger charge is 2.32. The fourth-order valence-electron chi connectivity index (χ4n) is 2.74. The second kappa shape index (κ2) is 7.18. The molecule has 0 amide bonds. The molecule has 0 saturated heterocycles. The second-order valence-corrected chi connectivity index (χ2v) is 6.40. The quantitative estimate of drug-likeness (QED) is 0.655. The van der Waals surface area contributed by atoms with Crippen LogP contribution in [-0.2, 0) is 6.18 Å². The molecule has 0 N–H and O–H groups in total. The van der Waals surface area contributed by atoms with Gasteiger partial charge in [0.1, 0.15) is 5.82 Å². The maximum Gasteiger partial charge on any atom is 0.417 e. The van der Waals surface area contributed by atoms with Crippen LogP contribution in [0.25, 0.3) is 0 Å². The molecule has 0 aromatic carbocycles. The van der Waals surface area contributed by atoms with E-state index in [2.05, 4.69) is 20.9 Å². The Morgan fingerprint density at radius 3 is 2.48 bits per heavy atom. The first-order chi connectivity index (χ1) is 9.93. The normalized spacial score (nSPS) is 17.0. The van der Waals surface area contributed by atoms with Gasteiger partial charge in [-0.3, -0.25) is 0 Å². The molecule has 1 aromatic heterocycles. The van der Waals surface area contributed by atoms with Crippen molar-refractivity contribution in [3.63, 3.8) is 0 Å². The second-order valence-electron chi connectivity index (χ2n) is 5.20. The smallest absolute Gasteiger partial charge is 0.352 e. The highest BCUT2D eigenvalue weighted by atomic mass is 79.9. The lowest BCUT2D eigenvalue weighted by molar-refractivity contribution is -0.137. The Morgan fingerprint density at radius 2 is 1.95 bits per heavy atom. The van der Waals surface area contributed by atoms with E-state index < -0.39 is 11.7 Å². The van der Waals surface area contributed by atoms with E-state index in [1.54, 1.807) is 0 Å². The van der Waals surface area contributed by atoms with Crippen molar-refractivity contribution < 1.29 is 13.2 Å². The molecule has 0 radical (unpaired) electrons. The van der Waals surface area contributed by atoms with Gasteiger partial charge in [-0.05, 0) is 18.9 Å². The molecular formula is C14H17BrClF3N2. The van der Waals surface area contributed by atoms with E-state index in [9.17, 15) is 13.2 Å². The van der Waals surface area contributed by atoms with Crippen LogP contribution < -0.4 is 4.90 Å². The zero-order valence-electron chi connectivity index (χ0n) is 11.5. The van der Waals surface area contributed by atoms with E-state index in [1.165, 1.54) is 6.42 Å². The minimum Gasteiger partial charge on any atom is -0.352 e. The molecular weight excluding hydrogens is 369 g/mol. The zero-order chi connectivity index (χ0) is 15.5. The Kier molecular flexibility index (Phi) is 5.77. The third-order valence-corrected chi connectivity index (χ3v) is 4.39. The summed E-state index contributed by atoms with van der Waals surface area (Å²) >= 11 is 9.46. The van der Waals surface area contributed by atoms with Crippen molar-refractivity contribution in [2.24, 2.45) is 0 Å². The van der Waals surface area contributed by atoms with Crippen LogP contribution in [0.1, 0.15) is 37.7 Å². The number of halogens is 5. The summed E-state index contributed by atoms with van der Waals surface area (Å²) in [5.74, 6) is 0.455. The molecule has 1 aliphatic rings. The molecule has 2 rings (SSSR count). The van der Waals surface area contributed by atoms with Gasteiger partial charge in [-0.1, -0.05) is 46.8 Å². The molecule has 7 heteroatoms. The van der Waals surface area contributed by atoms with Crippen LogP contribution >= 0.6 is 27.5 Å². The van der Waals surface area contributed by atoms with Crippen molar-refractivity contribution in [2.75, 3.05) is 16.8 Å². The van der Waals surface area contributed by atoms with E-state index in [4.69, 9.17) is 11.6 Å². The predicted molar refractivity (Wildman–Crippen MR) is 82.3 cm³/mol. The molecule has 0 unspecified atom stereocenters. The average Bonchev–Trinajstić information content (AvgIpc) is 2.45. The molecule has 0 atom stereocenters. The number of anilines is 1. The molecule has 1 aromatic rings. The molecule has 21 heavy (non-hydrogen) atoms. The standard InChI is InChI=1S/C14H17BrClF3N2/c15-6-7-21(11-4-2-1-3-5-11)13-12(16)8-10(9-20-13)14(17,18)19/h8-9,11H,1-7H2. The van der Waals surface area contributed by atoms with Crippen molar-refractivity contribution in [3.05, 3.63) is 22.8 Å². The lowest BCUT2D eigenvalue weighted by atomic mass is 9.94.